The van der Waals surface area contributed by atoms with Gasteiger partial charge in [-0.3, -0.25) is 9.59 Å². The molecular formula is C11H16N2O4S. The lowest BCUT2D eigenvalue weighted by molar-refractivity contribution is -0.142. The number of anilines is 1. The van der Waals surface area contributed by atoms with Crippen molar-refractivity contribution in [1.29, 1.82) is 0 Å². The van der Waals surface area contributed by atoms with Crippen molar-refractivity contribution in [1.82, 2.24) is 4.98 Å². The first kappa shape index (κ1) is 14.6. The Hall–Kier alpha value is -1.47. The molecule has 100 valence electrons. The van der Waals surface area contributed by atoms with E-state index >= 15 is 0 Å². The maximum absolute atomic E-state index is 11.4. The number of esters is 1. The Morgan fingerprint density at radius 1 is 1.50 bits per heavy atom. The van der Waals surface area contributed by atoms with Crippen LogP contribution < -0.4 is 5.32 Å². The summed E-state index contributed by atoms with van der Waals surface area (Å²) in [4.78, 5) is 26.7. The topological polar surface area (TPSA) is 77.5 Å². The molecule has 1 N–H and O–H groups in total. The monoisotopic (exact) mass is 272 g/mol. The third-order valence-electron chi connectivity index (χ3n) is 1.96. The minimum absolute atomic E-state index is 0.123. The van der Waals surface area contributed by atoms with Gasteiger partial charge in [0, 0.05) is 12.5 Å². The quantitative estimate of drug-likeness (QED) is 0.755. The van der Waals surface area contributed by atoms with Crippen LogP contribution in [0.2, 0.25) is 0 Å². The summed E-state index contributed by atoms with van der Waals surface area (Å²) in [6.07, 6.45) is 0.404. The van der Waals surface area contributed by atoms with E-state index in [2.05, 4.69) is 10.3 Å². The van der Waals surface area contributed by atoms with Gasteiger partial charge in [0.2, 0.25) is 5.91 Å². The van der Waals surface area contributed by atoms with Crippen molar-refractivity contribution in [2.24, 2.45) is 0 Å². The van der Waals surface area contributed by atoms with Gasteiger partial charge in [0.1, 0.15) is 0 Å². The number of amides is 1. The molecule has 7 heteroatoms. The van der Waals surface area contributed by atoms with Gasteiger partial charge < -0.3 is 14.8 Å². The summed E-state index contributed by atoms with van der Waals surface area (Å²) in [6, 6.07) is 0. The second kappa shape index (κ2) is 7.78. The minimum Gasteiger partial charge on any atom is -0.466 e. The number of nitrogens with zero attached hydrogens (tertiary/aromatic N) is 1. The van der Waals surface area contributed by atoms with Crippen LogP contribution in [0.15, 0.2) is 5.38 Å². The molecule has 1 heterocycles. The van der Waals surface area contributed by atoms with Crippen molar-refractivity contribution in [2.45, 2.75) is 19.8 Å². The summed E-state index contributed by atoms with van der Waals surface area (Å²) < 4.78 is 9.61. The zero-order chi connectivity index (χ0) is 13.4. The number of carbonyl (C=O) groups is 2. The van der Waals surface area contributed by atoms with Gasteiger partial charge in [-0.15, -0.1) is 11.3 Å². The molecule has 0 saturated heterocycles. The molecular weight excluding hydrogens is 256 g/mol. The molecule has 1 amide bonds. The van der Waals surface area contributed by atoms with Crippen LogP contribution in [0.4, 0.5) is 5.13 Å². The molecule has 0 fully saturated rings. The molecule has 0 aliphatic heterocycles. The first-order chi connectivity index (χ1) is 8.65. The molecule has 0 unspecified atom stereocenters. The van der Waals surface area contributed by atoms with Crippen LogP contribution in [0.1, 0.15) is 19.0 Å². The highest BCUT2D eigenvalue weighted by Crippen LogP contribution is 2.16. The summed E-state index contributed by atoms with van der Waals surface area (Å²) in [5, 5.41) is 4.85. The Morgan fingerprint density at radius 3 is 2.94 bits per heavy atom. The van der Waals surface area contributed by atoms with E-state index in [4.69, 9.17) is 9.47 Å². The van der Waals surface area contributed by atoms with E-state index in [-0.39, 0.29) is 24.7 Å². The standard InChI is InChI=1S/C11H16N2O4S/c1-3-17-10(15)6-8-7-18-11(12-8)13-9(14)4-5-16-2/h7H,3-6H2,1-2H3,(H,12,13,14). The minimum atomic E-state index is -0.319. The number of thiazole rings is 1. The van der Waals surface area contributed by atoms with E-state index in [1.54, 1.807) is 12.3 Å². The molecule has 1 aromatic rings. The summed E-state index contributed by atoms with van der Waals surface area (Å²) in [5.41, 5.74) is 0.598. The molecule has 1 aromatic heterocycles. The molecule has 6 nitrogen and oxygen atoms in total. The van der Waals surface area contributed by atoms with Crippen molar-refractivity contribution in [3.05, 3.63) is 11.1 Å². The molecule has 1 rings (SSSR count). The largest absolute Gasteiger partial charge is 0.466 e. The lowest BCUT2D eigenvalue weighted by atomic mass is 10.3. The zero-order valence-electron chi connectivity index (χ0n) is 10.4. The first-order valence-electron chi connectivity index (χ1n) is 5.54. The lowest BCUT2D eigenvalue weighted by Crippen LogP contribution is -2.13. The summed E-state index contributed by atoms with van der Waals surface area (Å²) in [6.45, 7) is 2.47. The fourth-order valence-corrected chi connectivity index (χ4v) is 1.91. The van der Waals surface area contributed by atoms with Gasteiger partial charge in [-0.25, -0.2) is 4.98 Å². The molecule has 0 aliphatic rings. The number of hydrogen-bond donors (Lipinski definition) is 1. The van der Waals surface area contributed by atoms with Crippen molar-refractivity contribution < 1.29 is 19.1 Å². The fraction of sp³-hybridized carbons (Fsp3) is 0.545. The van der Waals surface area contributed by atoms with Gasteiger partial charge in [-0.05, 0) is 6.92 Å². The van der Waals surface area contributed by atoms with Gasteiger partial charge in [0.15, 0.2) is 5.13 Å². The highest BCUT2D eigenvalue weighted by molar-refractivity contribution is 7.13. The zero-order valence-corrected chi connectivity index (χ0v) is 11.2. The lowest BCUT2D eigenvalue weighted by Gasteiger charge is -2.00. The van der Waals surface area contributed by atoms with Crippen molar-refractivity contribution >= 4 is 28.3 Å². The van der Waals surface area contributed by atoms with Crippen LogP contribution in [-0.2, 0) is 25.5 Å². The third-order valence-corrected chi connectivity index (χ3v) is 2.77. The van der Waals surface area contributed by atoms with Crippen molar-refractivity contribution in [2.75, 3.05) is 25.6 Å². The van der Waals surface area contributed by atoms with E-state index < -0.39 is 0 Å². The molecule has 0 saturated carbocycles. The van der Waals surface area contributed by atoms with Crippen LogP contribution in [-0.4, -0.2) is 37.2 Å². The molecule has 0 bridgehead atoms. The fourth-order valence-electron chi connectivity index (χ4n) is 1.18. The Labute approximate surface area is 109 Å². The second-order valence-corrected chi connectivity index (χ2v) is 4.27. The first-order valence-corrected chi connectivity index (χ1v) is 6.42. The van der Waals surface area contributed by atoms with E-state index in [9.17, 15) is 9.59 Å². The Balaban J connectivity index is 2.43. The average molecular weight is 272 g/mol. The van der Waals surface area contributed by atoms with Crippen LogP contribution in [0.25, 0.3) is 0 Å². The number of nitrogens with one attached hydrogen (secondary N) is 1. The van der Waals surface area contributed by atoms with Crippen molar-refractivity contribution in [3.8, 4) is 0 Å². The highest BCUT2D eigenvalue weighted by Gasteiger charge is 2.10. The normalized spacial score (nSPS) is 10.1. The van der Waals surface area contributed by atoms with Gasteiger partial charge in [0.25, 0.3) is 0 Å². The third kappa shape index (κ3) is 5.24. The second-order valence-electron chi connectivity index (χ2n) is 3.42. The smallest absolute Gasteiger partial charge is 0.311 e. The predicted molar refractivity (Wildman–Crippen MR) is 67.6 cm³/mol. The number of carbonyl (C=O) groups excluding carboxylic acids is 2. The van der Waals surface area contributed by atoms with Crippen LogP contribution in [0.5, 0.6) is 0 Å². The van der Waals surface area contributed by atoms with Crippen LogP contribution >= 0.6 is 11.3 Å². The maximum atomic E-state index is 11.4. The molecule has 0 radical (unpaired) electrons. The number of hydrogen-bond acceptors (Lipinski definition) is 6. The maximum Gasteiger partial charge on any atom is 0.311 e. The van der Waals surface area contributed by atoms with E-state index in [1.807, 2.05) is 0 Å². The summed E-state index contributed by atoms with van der Waals surface area (Å²) in [7, 11) is 1.54. The molecule has 0 aromatic carbocycles. The van der Waals surface area contributed by atoms with Gasteiger partial charge in [0.05, 0.1) is 31.7 Å². The molecule has 0 atom stereocenters. The number of ether oxygens (including phenoxy) is 2. The summed E-state index contributed by atoms with van der Waals surface area (Å²) in [5.74, 6) is -0.478. The molecule has 18 heavy (non-hydrogen) atoms. The predicted octanol–water partition coefficient (Wildman–Crippen LogP) is 1.22. The average Bonchev–Trinajstić information content (AvgIpc) is 2.74. The number of aromatic nitrogens is 1. The number of methoxy groups -OCH3 is 1. The van der Waals surface area contributed by atoms with E-state index in [0.29, 0.717) is 24.0 Å². The van der Waals surface area contributed by atoms with Gasteiger partial charge >= 0.3 is 5.97 Å². The van der Waals surface area contributed by atoms with Crippen LogP contribution in [0, 0.1) is 0 Å². The summed E-state index contributed by atoms with van der Waals surface area (Å²) >= 11 is 1.28. The highest BCUT2D eigenvalue weighted by atomic mass is 32.1. The molecule has 0 spiro atoms. The van der Waals surface area contributed by atoms with Crippen molar-refractivity contribution in [3.63, 3.8) is 0 Å². The van der Waals surface area contributed by atoms with E-state index in [0.717, 1.165) is 0 Å². The number of rotatable bonds is 7. The SMILES string of the molecule is CCOC(=O)Cc1csc(NC(=O)CCOC)n1. The van der Waals surface area contributed by atoms with Crippen LogP contribution in [0.3, 0.4) is 0 Å². The Morgan fingerprint density at radius 2 is 2.28 bits per heavy atom. The van der Waals surface area contributed by atoms with Gasteiger partial charge in [-0.1, -0.05) is 0 Å². The Bertz CT molecular complexity index is 406. The Kier molecular flexibility index (Phi) is 6.31. The molecule has 0 aliphatic carbocycles. The van der Waals surface area contributed by atoms with E-state index in [1.165, 1.54) is 18.4 Å². The van der Waals surface area contributed by atoms with Gasteiger partial charge in [-0.2, -0.15) is 0 Å².